The van der Waals surface area contributed by atoms with Crippen molar-refractivity contribution < 1.29 is 15.0 Å². The summed E-state index contributed by atoms with van der Waals surface area (Å²) in [4.78, 5) is 10.6. The minimum atomic E-state index is -0.856. The highest BCUT2D eigenvalue weighted by Crippen LogP contribution is 2.41. The maximum atomic E-state index is 10.6. The van der Waals surface area contributed by atoms with Gasteiger partial charge in [0.2, 0.25) is 0 Å². The van der Waals surface area contributed by atoms with Crippen LogP contribution in [0.3, 0.4) is 0 Å². The number of aliphatic hydroxyl groups is 1. The smallest absolute Gasteiger partial charge is 0.307 e. The van der Waals surface area contributed by atoms with Gasteiger partial charge in [0.05, 0.1) is 12.5 Å². The van der Waals surface area contributed by atoms with E-state index in [1.807, 2.05) is 12.1 Å². The second-order valence-electron chi connectivity index (χ2n) is 4.05. The summed E-state index contributed by atoms with van der Waals surface area (Å²) >= 11 is 0. The minimum Gasteiger partial charge on any atom is -0.481 e. The first-order chi connectivity index (χ1) is 7.18. The molecule has 0 spiro atoms. The van der Waals surface area contributed by atoms with Gasteiger partial charge in [0.1, 0.15) is 0 Å². The van der Waals surface area contributed by atoms with Crippen LogP contribution in [0.5, 0.6) is 0 Å². The molecule has 3 heteroatoms. The highest BCUT2D eigenvalue weighted by Gasteiger charge is 2.31. The third-order valence-electron chi connectivity index (χ3n) is 2.78. The van der Waals surface area contributed by atoms with E-state index >= 15 is 0 Å². The molecule has 1 fully saturated rings. The lowest BCUT2D eigenvalue weighted by Crippen LogP contribution is -2.08. The molecule has 0 amide bonds. The summed E-state index contributed by atoms with van der Waals surface area (Å²) in [6.07, 6.45) is 1.59. The van der Waals surface area contributed by atoms with Crippen molar-refractivity contribution in [3.8, 4) is 0 Å². The number of aliphatic carboxylic acids is 1. The van der Waals surface area contributed by atoms with Gasteiger partial charge in [0, 0.05) is 0 Å². The fraction of sp³-hybridized carbons (Fsp3) is 0.417. The molecule has 0 radical (unpaired) electrons. The van der Waals surface area contributed by atoms with Crippen LogP contribution in [0, 0.1) is 5.92 Å². The van der Waals surface area contributed by atoms with Crippen molar-refractivity contribution in [2.45, 2.75) is 25.4 Å². The molecule has 80 valence electrons. The van der Waals surface area contributed by atoms with E-state index in [9.17, 15) is 9.90 Å². The zero-order valence-corrected chi connectivity index (χ0v) is 8.39. The van der Waals surface area contributed by atoms with E-state index in [1.54, 1.807) is 12.1 Å². The van der Waals surface area contributed by atoms with Gasteiger partial charge in [-0.3, -0.25) is 4.79 Å². The van der Waals surface area contributed by atoms with Crippen molar-refractivity contribution in [2.75, 3.05) is 0 Å². The first-order valence-corrected chi connectivity index (χ1v) is 5.16. The Morgan fingerprint density at radius 3 is 2.67 bits per heavy atom. The molecule has 1 saturated carbocycles. The minimum absolute atomic E-state index is 0.0139. The third-order valence-corrected chi connectivity index (χ3v) is 2.78. The van der Waals surface area contributed by atoms with Gasteiger partial charge >= 0.3 is 5.97 Å². The highest BCUT2D eigenvalue weighted by molar-refractivity contribution is 5.70. The zero-order valence-electron chi connectivity index (χ0n) is 8.39. The normalized spacial score (nSPS) is 17.4. The highest BCUT2D eigenvalue weighted by atomic mass is 16.4. The number of aliphatic hydroxyl groups excluding tert-OH is 1. The average molecular weight is 206 g/mol. The number of benzene rings is 1. The van der Waals surface area contributed by atoms with Gasteiger partial charge in [-0.05, 0) is 29.9 Å². The predicted octanol–water partition coefficient (Wildman–Crippen LogP) is 1.76. The van der Waals surface area contributed by atoms with Crippen LogP contribution in [-0.4, -0.2) is 16.2 Å². The van der Waals surface area contributed by atoms with E-state index in [-0.39, 0.29) is 6.42 Å². The van der Waals surface area contributed by atoms with Gasteiger partial charge in [-0.2, -0.15) is 0 Å². The van der Waals surface area contributed by atoms with E-state index < -0.39 is 12.1 Å². The average Bonchev–Trinajstić information content (AvgIpc) is 3.00. The third kappa shape index (κ3) is 2.36. The van der Waals surface area contributed by atoms with Crippen molar-refractivity contribution >= 4 is 5.97 Å². The Morgan fingerprint density at radius 1 is 1.40 bits per heavy atom. The summed E-state index contributed by atoms with van der Waals surface area (Å²) in [6, 6.07) is 7.24. The van der Waals surface area contributed by atoms with Crippen LogP contribution in [0.1, 0.15) is 30.1 Å². The summed E-state index contributed by atoms with van der Waals surface area (Å²) in [7, 11) is 0. The van der Waals surface area contributed by atoms with Crippen molar-refractivity contribution in [1.29, 1.82) is 0 Å². The molecule has 1 unspecified atom stereocenters. The van der Waals surface area contributed by atoms with Gasteiger partial charge in [-0.25, -0.2) is 0 Å². The first-order valence-electron chi connectivity index (χ1n) is 5.16. The fourth-order valence-corrected chi connectivity index (χ4v) is 1.81. The molecule has 0 aromatic heterocycles. The number of carboxylic acids is 1. The topological polar surface area (TPSA) is 57.5 Å². The number of carboxylic acid groups (broad SMARTS) is 1. The quantitative estimate of drug-likeness (QED) is 0.789. The lowest BCUT2D eigenvalue weighted by atomic mass is 9.97. The van der Waals surface area contributed by atoms with Crippen molar-refractivity contribution in [3.63, 3.8) is 0 Å². The SMILES string of the molecule is O=C(O)Cc1ccccc1C(O)C1CC1. The van der Waals surface area contributed by atoms with Crippen molar-refractivity contribution in [1.82, 2.24) is 0 Å². The lowest BCUT2D eigenvalue weighted by molar-refractivity contribution is -0.136. The Bertz CT molecular complexity index is 369. The summed E-state index contributed by atoms with van der Waals surface area (Å²) in [5.41, 5.74) is 1.51. The molecule has 0 bridgehead atoms. The summed E-state index contributed by atoms with van der Waals surface area (Å²) in [6.45, 7) is 0. The zero-order chi connectivity index (χ0) is 10.8. The number of carbonyl (C=O) groups is 1. The predicted molar refractivity (Wildman–Crippen MR) is 55.5 cm³/mol. The van der Waals surface area contributed by atoms with Crippen LogP contribution in [0.15, 0.2) is 24.3 Å². The molecule has 2 N–H and O–H groups in total. The Kier molecular flexibility index (Phi) is 2.73. The Hall–Kier alpha value is -1.35. The molecule has 0 aliphatic heterocycles. The second kappa shape index (κ2) is 4.03. The number of hydrogen-bond donors (Lipinski definition) is 2. The second-order valence-corrected chi connectivity index (χ2v) is 4.05. The van der Waals surface area contributed by atoms with Gasteiger partial charge in [0.25, 0.3) is 0 Å². The molecule has 1 aromatic rings. The van der Waals surface area contributed by atoms with Gasteiger partial charge in [-0.1, -0.05) is 24.3 Å². The molecule has 0 saturated heterocycles. The van der Waals surface area contributed by atoms with Crippen molar-refractivity contribution in [3.05, 3.63) is 35.4 Å². The Balaban J connectivity index is 2.23. The standard InChI is InChI=1S/C12H14O3/c13-11(14)7-9-3-1-2-4-10(9)12(15)8-5-6-8/h1-4,8,12,15H,5-7H2,(H,13,14). The molecule has 1 aliphatic carbocycles. The van der Waals surface area contributed by atoms with Crippen LogP contribution >= 0.6 is 0 Å². The van der Waals surface area contributed by atoms with Crippen LogP contribution < -0.4 is 0 Å². The maximum absolute atomic E-state index is 10.6. The maximum Gasteiger partial charge on any atom is 0.307 e. The largest absolute Gasteiger partial charge is 0.481 e. The number of hydrogen-bond acceptors (Lipinski definition) is 2. The van der Waals surface area contributed by atoms with Crippen LogP contribution in [0.2, 0.25) is 0 Å². The fourth-order valence-electron chi connectivity index (χ4n) is 1.81. The van der Waals surface area contributed by atoms with Crippen molar-refractivity contribution in [2.24, 2.45) is 5.92 Å². The summed E-state index contributed by atoms with van der Waals surface area (Å²) in [5.74, 6) is -0.523. The van der Waals surface area contributed by atoms with E-state index in [0.717, 1.165) is 24.0 Å². The number of rotatable bonds is 4. The van der Waals surface area contributed by atoms with Crippen LogP contribution in [0.25, 0.3) is 0 Å². The Morgan fingerprint density at radius 2 is 2.07 bits per heavy atom. The molecular weight excluding hydrogens is 192 g/mol. The molecule has 3 nitrogen and oxygen atoms in total. The summed E-state index contributed by atoms with van der Waals surface area (Å²) < 4.78 is 0. The molecule has 15 heavy (non-hydrogen) atoms. The van der Waals surface area contributed by atoms with Crippen LogP contribution in [0.4, 0.5) is 0 Å². The lowest BCUT2D eigenvalue weighted by Gasteiger charge is -2.13. The molecule has 1 aliphatic rings. The molecule has 1 atom stereocenters. The monoisotopic (exact) mass is 206 g/mol. The van der Waals surface area contributed by atoms with E-state index in [0.29, 0.717) is 5.92 Å². The molecule has 0 heterocycles. The van der Waals surface area contributed by atoms with Gasteiger partial charge in [-0.15, -0.1) is 0 Å². The van der Waals surface area contributed by atoms with Crippen LogP contribution in [-0.2, 0) is 11.2 Å². The van der Waals surface area contributed by atoms with E-state index in [1.165, 1.54) is 0 Å². The molecule has 2 rings (SSSR count). The molecular formula is C12H14O3. The van der Waals surface area contributed by atoms with E-state index in [2.05, 4.69) is 0 Å². The first kappa shape index (κ1) is 10.2. The molecule has 1 aromatic carbocycles. The van der Waals surface area contributed by atoms with E-state index in [4.69, 9.17) is 5.11 Å². The van der Waals surface area contributed by atoms with Gasteiger partial charge in [0.15, 0.2) is 0 Å². The van der Waals surface area contributed by atoms with Gasteiger partial charge < -0.3 is 10.2 Å². The summed E-state index contributed by atoms with van der Waals surface area (Å²) in [5, 5.41) is 18.7. The Labute approximate surface area is 88.4 Å².